The highest BCUT2D eigenvalue weighted by molar-refractivity contribution is 9.10. The summed E-state index contributed by atoms with van der Waals surface area (Å²) in [6.07, 6.45) is 0.874. The third kappa shape index (κ3) is 4.15. The Morgan fingerprint density at radius 1 is 1.21 bits per heavy atom. The first-order chi connectivity index (χ1) is 9.04. The lowest BCUT2D eigenvalue weighted by atomic mass is 10.1. The number of hydrogen-bond donors (Lipinski definition) is 2. The molecule has 0 aromatic heterocycles. The molecule has 2 N–H and O–H groups in total. The molecule has 0 radical (unpaired) electrons. The Bertz CT molecular complexity index is 557. The monoisotopic (exact) mass is 339 g/mol. The van der Waals surface area contributed by atoms with Crippen LogP contribution in [0.2, 0.25) is 5.02 Å². The van der Waals surface area contributed by atoms with E-state index in [2.05, 4.69) is 28.2 Å². The molecule has 0 bridgehead atoms. The number of nitrogens with one attached hydrogen (secondary N) is 1. The highest BCUT2D eigenvalue weighted by atomic mass is 79.9. The van der Waals surface area contributed by atoms with Crippen LogP contribution in [0.5, 0.6) is 5.75 Å². The molecule has 0 aliphatic rings. The summed E-state index contributed by atoms with van der Waals surface area (Å²) in [5.74, 6) is 0.293. The van der Waals surface area contributed by atoms with Crippen LogP contribution in [-0.2, 0) is 6.42 Å². The van der Waals surface area contributed by atoms with E-state index in [1.165, 1.54) is 5.56 Å². The molecule has 2 aromatic carbocycles. The van der Waals surface area contributed by atoms with Crippen LogP contribution >= 0.6 is 27.5 Å². The molecule has 0 aliphatic heterocycles. The summed E-state index contributed by atoms with van der Waals surface area (Å²) < 4.78 is 0.995. The Kier molecular flexibility index (Phi) is 4.72. The lowest BCUT2D eigenvalue weighted by molar-refractivity contribution is 0.475. The van der Waals surface area contributed by atoms with Crippen LogP contribution in [0.15, 0.2) is 46.9 Å². The van der Waals surface area contributed by atoms with Gasteiger partial charge in [-0.3, -0.25) is 0 Å². The molecule has 0 heterocycles. The van der Waals surface area contributed by atoms with Gasteiger partial charge in [0.15, 0.2) is 0 Å². The molecule has 0 spiro atoms. The Labute approximate surface area is 126 Å². The van der Waals surface area contributed by atoms with Crippen molar-refractivity contribution in [3.8, 4) is 5.75 Å². The Morgan fingerprint density at radius 3 is 2.58 bits per heavy atom. The van der Waals surface area contributed by atoms with E-state index in [0.717, 1.165) is 16.6 Å². The van der Waals surface area contributed by atoms with Gasteiger partial charge in [-0.25, -0.2) is 0 Å². The van der Waals surface area contributed by atoms with Gasteiger partial charge in [-0.05, 0) is 65.2 Å². The minimum absolute atomic E-state index is 0.263. The number of aromatic hydroxyl groups is 1. The van der Waals surface area contributed by atoms with E-state index in [4.69, 9.17) is 11.6 Å². The van der Waals surface area contributed by atoms with Gasteiger partial charge in [-0.2, -0.15) is 0 Å². The van der Waals surface area contributed by atoms with Gasteiger partial charge in [0.2, 0.25) is 0 Å². The molecule has 0 saturated carbocycles. The van der Waals surface area contributed by atoms with E-state index in [-0.39, 0.29) is 6.04 Å². The minimum atomic E-state index is 0.263. The summed E-state index contributed by atoms with van der Waals surface area (Å²) in [7, 11) is 0. The minimum Gasteiger partial charge on any atom is -0.508 e. The maximum Gasteiger partial charge on any atom is 0.115 e. The number of anilines is 1. The summed E-state index contributed by atoms with van der Waals surface area (Å²) in [6, 6.07) is 13.2. The van der Waals surface area contributed by atoms with Crippen molar-refractivity contribution in [2.45, 2.75) is 19.4 Å². The van der Waals surface area contributed by atoms with Crippen LogP contribution in [0, 0.1) is 0 Å². The number of phenolic OH excluding ortho intramolecular Hbond substituents is 1. The van der Waals surface area contributed by atoms with Gasteiger partial charge in [0.05, 0.1) is 5.69 Å². The fraction of sp³-hybridized carbons (Fsp3) is 0.200. The predicted octanol–water partition coefficient (Wildman–Crippen LogP) is 4.85. The first kappa shape index (κ1) is 14.2. The van der Waals surface area contributed by atoms with Gasteiger partial charge in [-0.15, -0.1) is 0 Å². The molecule has 19 heavy (non-hydrogen) atoms. The second kappa shape index (κ2) is 6.31. The second-order valence-corrected chi connectivity index (χ2v) is 5.83. The standard InChI is InChI=1S/C15H15BrClNO/c1-10(8-11-2-5-13(19)6-3-11)18-15-9-12(17)4-7-14(15)16/h2-7,9-10,18-19H,8H2,1H3. The van der Waals surface area contributed by atoms with Gasteiger partial charge >= 0.3 is 0 Å². The molecule has 0 fully saturated rings. The molecule has 0 aliphatic carbocycles. The van der Waals surface area contributed by atoms with E-state index in [9.17, 15) is 5.11 Å². The number of phenols is 1. The fourth-order valence-electron chi connectivity index (χ4n) is 1.91. The zero-order valence-corrected chi connectivity index (χ0v) is 12.9. The summed E-state index contributed by atoms with van der Waals surface area (Å²) in [6.45, 7) is 2.11. The number of rotatable bonds is 4. The number of halogens is 2. The highest BCUT2D eigenvalue weighted by Gasteiger charge is 2.07. The van der Waals surface area contributed by atoms with Crippen LogP contribution in [0.25, 0.3) is 0 Å². The summed E-state index contributed by atoms with van der Waals surface area (Å²) in [4.78, 5) is 0. The van der Waals surface area contributed by atoms with Crippen LogP contribution < -0.4 is 5.32 Å². The van der Waals surface area contributed by atoms with Crippen LogP contribution in [0.1, 0.15) is 12.5 Å². The molecule has 2 aromatic rings. The van der Waals surface area contributed by atoms with Crippen LogP contribution in [-0.4, -0.2) is 11.1 Å². The normalized spacial score (nSPS) is 12.2. The summed E-state index contributed by atoms with van der Waals surface area (Å²) >= 11 is 9.49. The third-order valence-corrected chi connectivity index (χ3v) is 3.74. The largest absolute Gasteiger partial charge is 0.508 e. The van der Waals surface area contributed by atoms with Gasteiger partial charge in [0.25, 0.3) is 0 Å². The summed E-state index contributed by atoms with van der Waals surface area (Å²) in [5.41, 5.74) is 2.16. The Morgan fingerprint density at radius 2 is 1.89 bits per heavy atom. The lowest BCUT2D eigenvalue weighted by Gasteiger charge is -2.17. The topological polar surface area (TPSA) is 32.3 Å². The quantitative estimate of drug-likeness (QED) is 0.834. The zero-order valence-electron chi connectivity index (χ0n) is 10.5. The van der Waals surface area contributed by atoms with E-state index in [1.54, 1.807) is 12.1 Å². The fourth-order valence-corrected chi connectivity index (χ4v) is 2.44. The summed E-state index contributed by atoms with van der Waals surface area (Å²) in [5, 5.41) is 13.4. The average Bonchev–Trinajstić information content (AvgIpc) is 2.37. The molecular weight excluding hydrogens is 326 g/mol. The third-order valence-electron chi connectivity index (χ3n) is 2.81. The smallest absolute Gasteiger partial charge is 0.115 e. The second-order valence-electron chi connectivity index (χ2n) is 4.54. The van der Waals surface area contributed by atoms with Crippen LogP contribution in [0.3, 0.4) is 0 Å². The van der Waals surface area contributed by atoms with Crippen molar-refractivity contribution in [2.75, 3.05) is 5.32 Å². The van der Waals surface area contributed by atoms with Gasteiger partial charge < -0.3 is 10.4 Å². The molecule has 4 heteroatoms. The van der Waals surface area contributed by atoms with Crippen molar-refractivity contribution >= 4 is 33.2 Å². The molecule has 0 saturated heterocycles. The lowest BCUT2D eigenvalue weighted by Crippen LogP contribution is -2.18. The maximum atomic E-state index is 9.26. The van der Waals surface area contributed by atoms with Crippen molar-refractivity contribution in [1.29, 1.82) is 0 Å². The van der Waals surface area contributed by atoms with Gasteiger partial charge in [0.1, 0.15) is 5.75 Å². The highest BCUT2D eigenvalue weighted by Crippen LogP contribution is 2.27. The molecular formula is C15H15BrClNO. The predicted molar refractivity (Wildman–Crippen MR) is 84.0 cm³/mol. The molecule has 2 rings (SSSR count). The zero-order chi connectivity index (χ0) is 13.8. The van der Waals surface area contributed by atoms with E-state index in [1.807, 2.05) is 30.3 Å². The van der Waals surface area contributed by atoms with E-state index >= 15 is 0 Å². The first-order valence-electron chi connectivity index (χ1n) is 6.04. The molecule has 1 unspecified atom stereocenters. The number of hydrogen-bond acceptors (Lipinski definition) is 2. The van der Waals surface area contributed by atoms with Crippen molar-refractivity contribution < 1.29 is 5.11 Å². The van der Waals surface area contributed by atoms with Crippen molar-refractivity contribution in [3.63, 3.8) is 0 Å². The first-order valence-corrected chi connectivity index (χ1v) is 7.21. The van der Waals surface area contributed by atoms with Crippen molar-refractivity contribution in [3.05, 3.63) is 57.5 Å². The molecule has 0 amide bonds. The average molecular weight is 341 g/mol. The maximum absolute atomic E-state index is 9.26. The number of benzene rings is 2. The van der Waals surface area contributed by atoms with Gasteiger partial charge in [-0.1, -0.05) is 23.7 Å². The van der Waals surface area contributed by atoms with Crippen molar-refractivity contribution in [1.82, 2.24) is 0 Å². The Hall–Kier alpha value is -1.19. The van der Waals surface area contributed by atoms with E-state index in [0.29, 0.717) is 10.8 Å². The van der Waals surface area contributed by atoms with Gasteiger partial charge in [0, 0.05) is 15.5 Å². The molecule has 2 nitrogen and oxygen atoms in total. The van der Waals surface area contributed by atoms with Crippen molar-refractivity contribution in [2.24, 2.45) is 0 Å². The molecule has 100 valence electrons. The SMILES string of the molecule is CC(Cc1ccc(O)cc1)Nc1cc(Cl)ccc1Br. The van der Waals surface area contributed by atoms with Crippen LogP contribution in [0.4, 0.5) is 5.69 Å². The van der Waals surface area contributed by atoms with E-state index < -0.39 is 0 Å². The Balaban J connectivity index is 2.02. The molecule has 1 atom stereocenters.